The summed E-state index contributed by atoms with van der Waals surface area (Å²) < 4.78 is 2.13. The van der Waals surface area contributed by atoms with Gasteiger partial charge in [0, 0.05) is 25.0 Å². The van der Waals surface area contributed by atoms with Gasteiger partial charge < -0.3 is 15.6 Å². The maximum absolute atomic E-state index is 12.7. The van der Waals surface area contributed by atoms with Crippen molar-refractivity contribution in [2.24, 2.45) is 11.1 Å². The van der Waals surface area contributed by atoms with E-state index < -0.39 is 0 Å². The molecule has 0 spiro atoms. The number of nitrogens with two attached hydrogens (primary N) is 1. The lowest BCUT2D eigenvalue weighted by Crippen LogP contribution is -2.49. The molecule has 1 aromatic rings. The molecule has 0 aliphatic heterocycles. The second kappa shape index (κ2) is 5.56. The Morgan fingerprint density at radius 3 is 2.80 bits per heavy atom. The average Bonchev–Trinajstić information content (AvgIpc) is 3.20. The van der Waals surface area contributed by atoms with E-state index in [4.69, 9.17) is 5.73 Å². The largest absolute Gasteiger partial charge is 0.351 e. The van der Waals surface area contributed by atoms with Crippen LogP contribution < -0.4 is 11.1 Å². The molecule has 3 rings (SSSR count). The lowest BCUT2D eigenvalue weighted by atomic mass is 9.85. The van der Waals surface area contributed by atoms with Crippen LogP contribution in [0.15, 0.2) is 18.7 Å². The van der Waals surface area contributed by atoms with Gasteiger partial charge in [-0.2, -0.15) is 0 Å². The van der Waals surface area contributed by atoms with Gasteiger partial charge in [0.1, 0.15) is 0 Å². The maximum atomic E-state index is 12.7. The summed E-state index contributed by atoms with van der Waals surface area (Å²) in [5, 5.41) is 3.28. The van der Waals surface area contributed by atoms with Crippen LogP contribution in [-0.2, 0) is 4.79 Å². The van der Waals surface area contributed by atoms with Crippen LogP contribution in [0.2, 0.25) is 0 Å². The minimum absolute atomic E-state index is 0.175. The first-order chi connectivity index (χ1) is 9.75. The highest BCUT2D eigenvalue weighted by Crippen LogP contribution is 2.38. The number of carbonyl (C=O) groups is 1. The molecule has 2 saturated carbocycles. The molecule has 2 aliphatic rings. The third-order valence-corrected chi connectivity index (χ3v) is 5.14. The molecule has 1 heterocycles. The van der Waals surface area contributed by atoms with Crippen LogP contribution in [0.4, 0.5) is 0 Å². The van der Waals surface area contributed by atoms with Crippen molar-refractivity contribution in [2.45, 2.75) is 57.0 Å². The SMILES string of the molecule is NCC1(C(=O)NC2CCCC2n2ccnc2)CCCC1. The van der Waals surface area contributed by atoms with Crippen LogP contribution in [0, 0.1) is 5.41 Å². The molecule has 2 aliphatic carbocycles. The Kier molecular flexibility index (Phi) is 3.78. The Bertz CT molecular complexity index is 450. The van der Waals surface area contributed by atoms with Crippen LogP contribution in [0.3, 0.4) is 0 Å². The number of nitrogens with one attached hydrogen (secondary N) is 1. The van der Waals surface area contributed by atoms with Crippen molar-refractivity contribution in [3.05, 3.63) is 18.7 Å². The molecule has 3 N–H and O–H groups in total. The van der Waals surface area contributed by atoms with Crippen molar-refractivity contribution in [3.8, 4) is 0 Å². The molecule has 5 heteroatoms. The Hall–Kier alpha value is -1.36. The van der Waals surface area contributed by atoms with Gasteiger partial charge in [-0.05, 0) is 32.1 Å². The molecular weight excluding hydrogens is 252 g/mol. The summed E-state index contributed by atoms with van der Waals surface area (Å²) in [7, 11) is 0. The third kappa shape index (κ3) is 2.35. The molecule has 2 unspecified atom stereocenters. The van der Waals surface area contributed by atoms with E-state index in [9.17, 15) is 4.79 Å². The normalized spacial score (nSPS) is 28.6. The zero-order valence-corrected chi connectivity index (χ0v) is 11.9. The summed E-state index contributed by atoms with van der Waals surface area (Å²) >= 11 is 0. The van der Waals surface area contributed by atoms with Crippen molar-refractivity contribution < 1.29 is 4.79 Å². The molecule has 20 heavy (non-hydrogen) atoms. The molecule has 1 amide bonds. The van der Waals surface area contributed by atoms with Crippen LogP contribution in [0.1, 0.15) is 51.0 Å². The predicted octanol–water partition coefficient (Wildman–Crippen LogP) is 1.61. The van der Waals surface area contributed by atoms with E-state index in [1.807, 2.05) is 12.5 Å². The molecule has 0 saturated heterocycles. The summed E-state index contributed by atoms with van der Waals surface area (Å²) in [6.45, 7) is 0.474. The zero-order valence-electron chi connectivity index (χ0n) is 11.9. The van der Waals surface area contributed by atoms with Crippen molar-refractivity contribution in [1.29, 1.82) is 0 Å². The number of imidazole rings is 1. The lowest BCUT2D eigenvalue weighted by Gasteiger charge is -2.30. The maximum Gasteiger partial charge on any atom is 0.227 e. The molecule has 5 nitrogen and oxygen atoms in total. The monoisotopic (exact) mass is 276 g/mol. The van der Waals surface area contributed by atoms with Crippen LogP contribution in [-0.4, -0.2) is 28.0 Å². The van der Waals surface area contributed by atoms with E-state index in [1.54, 1.807) is 6.20 Å². The Balaban J connectivity index is 1.69. The van der Waals surface area contributed by atoms with Gasteiger partial charge >= 0.3 is 0 Å². The number of carbonyl (C=O) groups excluding carboxylic acids is 1. The van der Waals surface area contributed by atoms with Gasteiger partial charge in [0.15, 0.2) is 0 Å². The highest BCUT2D eigenvalue weighted by atomic mass is 16.2. The summed E-state index contributed by atoms with van der Waals surface area (Å²) in [4.78, 5) is 16.8. The minimum atomic E-state index is -0.303. The lowest BCUT2D eigenvalue weighted by molar-refractivity contribution is -0.131. The molecule has 2 atom stereocenters. The summed E-state index contributed by atoms with van der Waals surface area (Å²) in [5.41, 5.74) is 5.59. The summed E-state index contributed by atoms with van der Waals surface area (Å²) in [5.74, 6) is 0.175. The van der Waals surface area contributed by atoms with E-state index in [0.717, 1.165) is 44.9 Å². The van der Waals surface area contributed by atoms with E-state index in [1.165, 1.54) is 0 Å². The molecule has 0 radical (unpaired) electrons. The molecule has 0 aromatic carbocycles. The van der Waals surface area contributed by atoms with Crippen molar-refractivity contribution in [3.63, 3.8) is 0 Å². The Morgan fingerprint density at radius 2 is 2.15 bits per heavy atom. The van der Waals surface area contributed by atoms with Crippen molar-refractivity contribution >= 4 is 5.91 Å². The number of hydrogen-bond donors (Lipinski definition) is 2. The van der Waals surface area contributed by atoms with Crippen molar-refractivity contribution in [1.82, 2.24) is 14.9 Å². The molecule has 110 valence electrons. The van der Waals surface area contributed by atoms with Crippen LogP contribution in [0.5, 0.6) is 0 Å². The van der Waals surface area contributed by atoms with Crippen LogP contribution >= 0.6 is 0 Å². The summed E-state index contributed by atoms with van der Waals surface area (Å²) in [6.07, 6.45) is 13.1. The van der Waals surface area contributed by atoms with E-state index in [2.05, 4.69) is 14.9 Å². The van der Waals surface area contributed by atoms with Gasteiger partial charge in [0.05, 0.1) is 17.8 Å². The Morgan fingerprint density at radius 1 is 1.35 bits per heavy atom. The molecule has 1 aromatic heterocycles. The number of hydrogen-bond acceptors (Lipinski definition) is 3. The van der Waals surface area contributed by atoms with Gasteiger partial charge in [0.2, 0.25) is 5.91 Å². The van der Waals surface area contributed by atoms with Crippen LogP contribution in [0.25, 0.3) is 0 Å². The van der Waals surface area contributed by atoms with Gasteiger partial charge in [-0.25, -0.2) is 4.98 Å². The van der Waals surface area contributed by atoms with Gasteiger partial charge in [0.25, 0.3) is 0 Å². The second-order valence-corrected chi connectivity index (χ2v) is 6.28. The highest BCUT2D eigenvalue weighted by molar-refractivity contribution is 5.83. The first kappa shape index (κ1) is 13.6. The number of rotatable bonds is 4. The van der Waals surface area contributed by atoms with E-state index in [0.29, 0.717) is 12.6 Å². The Labute approximate surface area is 119 Å². The van der Waals surface area contributed by atoms with E-state index in [-0.39, 0.29) is 17.4 Å². The highest BCUT2D eigenvalue weighted by Gasteiger charge is 2.42. The topological polar surface area (TPSA) is 72.9 Å². The quantitative estimate of drug-likeness (QED) is 0.877. The molecular formula is C15H24N4O. The summed E-state index contributed by atoms with van der Waals surface area (Å²) in [6, 6.07) is 0.568. The first-order valence-electron chi connectivity index (χ1n) is 7.74. The fraction of sp³-hybridized carbons (Fsp3) is 0.733. The first-order valence-corrected chi connectivity index (χ1v) is 7.74. The smallest absolute Gasteiger partial charge is 0.227 e. The second-order valence-electron chi connectivity index (χ2n) is 6.28. The average molecular weight is 276 g/mol. The molecule has 0 bridgehead atoms. The van der Waals surface area contributed by atoms with Gasteiger partial charge in [-0.3, -0.25) is 4.79 Å². The minimum Gasteiger partial charge on any atom is -0.351 e. The number of aromatic nitrogens is 2. The number of amides is 1. The fourth-order valence-corrected chi connectivity index (χ4v) is 3.83. The predicted molar refractivity (Wildman–Crippen MR) is 77.0 cm³/mol. The third-order valence-electron chi connectivity index (χ3n) is 5.14. The van der Waals surface area contributed by atoms with Gasteiger partial charge in [-0.15, -0.1) is 0 Å². The van der Waals surface area contributed by atoms with Gasteiger partial charge in [-0.1, -0.05) is 12.8 Å². The number of nitrogens with zero attached hydrogens (tertiary/aromatic N) is 2. The fourth-order valence-electron chi connectivity index (χ4n) is 3.83. The standard InChI is InChI=1S/C15H24N4O/c16-10-15(6-1-2-7-15)14(20)18-12-4-3-5-13(12)19-9-8-17-11-19/h8-9,11-13H,1-7,10,16H2,(H,18,20). The van der Waals surface area contributed by atoms with E-state index >= 15 is 0 Å². The van der Waals surface area contributed by atoms with Crippen molar-refractivity contribution in [2.75, 3.05) is 6.54 Å². The zero-order chi connectivity index (χ0) is 14.0. The molecule has 2 fully saturated rings.